The molecule has 9 rings (SSSR count). The van der Waals surface area contributed by atoms with Gasteiger partial charge in [-0.25, -0.2) is 15.0 Å². The second-order valence-corrected chi connectivity index (χ2v) is 11.8. The third kappa shape index (κ3) is 4.33. The van der Waals surface area contributed by atoms with Crippen LogP contribution in [0.4, 0.5) is 0 Å². The molecule has 3 atom stereocenters. The molecule has 4 heteroatoms. The van der Waals surface area contributed by atoms with Crippen LogP contribution < -0.4 is 4.74 Å². The van der Waals surface area contributed by atoms with E-state index >= 15 is 0 Å². The molecule has 2 heterocycles. The molecular weight excluding hydrogens is 550 g/mol. The first kappa shape index (κ1) is 25.8. The zero-order valence-corrected chi connectivity index (χ0v) is 24.5. The van der Waals surface area contributed by atoms with Crippen LogP contribution in [0.1, 0.15) is 35.2 Å². The third-order valence-electron chi connectivity index (χ3n) is 9.19. The maximum atomic E-state index is 6.79. The fourth-order valence-corrected chi connectivity index (χ4v) is 7.07. The van der Waals surface area contributed by atoms with Gasteiger partial charge < -0.3 is 4.74 Å². The molecule has 0 saturated heterocycles. The maximum Gasteiger partial charge on any atom is 0.164 e. The minimum absolute atomic E-state index is 0.0421. The zero-order chi connectivity index (χ0) is 29.7. The maximum absolute atomic E-state index is 6.79. The van der Waals surface area contributed by atoms with Crippen molar-refractivity contribution in [1.29, 1.82) is 0 Å². The summed E-state index contributed by atoms with van der Waals surface area (Å²) < 4.78 is 6.79. The van der Waals surface area contributed by atoms with Crippen molar-refractivity contribution in [2.75, 3.05) is 0 Å². The Balaban J connectivity index is 1.26. The Morgan fingerprint density at radius 3 is 2.27 bits per heavy atom. The lowest BCUT2D eigenvalue weighted by molar-refractivity contribution is 0.274. The van der Waals surface area contributed by atoms with E-state index in [0.717, 1.165) is 39.9 Å². The van der Waals surface area contributed by atoms with Crippen LogP contribution in [0.5, 0.6) is 5.75 Å². The zero-order valence-electron chi connectivity index (χ0n) is 24.5. The van der Waals surface area contributed by atoms with Crippen LogP contribution in [-0.2, 0) is 0 Å². The van der Waals surface area contributed by atoms with E-state index in [1.807, 2.05) is 18.2 Å². The molecule has 45 heavy (non-hydrogen) atoms. The second kappa shape index (κ2) is 10.5. The molecule has 214 valence electrons. The van der Waals surface area contributed by atoms with E-state index in [9.17, 15) is 0 Å². The third-order valence-corrected chi connectivity index (χ3v) is 9.19. The summed E-state index contributed by atoms with van der Waals surface area (Å²) in [7, 11) is 0. The summed E-state index contributed by atoms with van der Waals surface area (Å²) in [6, 6.07) is 36.2. The average Bonchev–Trinajstić information content (AvgIpc) is 3.51. The smallest absolute Gasteiger partial charge is 0.164 e. The van der Waals surface area contributed by atoms with Crippen molar-refractivity contribution in [3.63, 3.8) is 0 Å². The van der Waals surface area contributed by atoms with Gasteiger partial charge in [-0.15, -0.1) is 0 Å². The number of ether oxygens (including phenoxy) is 1. The quantitative estimate of drug-likeness (QED) is 0.209. The molecule has 0 bridgehead atoms. The number of hydrogen-bond acceptors (Lipinski definition) is 4. The molecule has 3 unspecified atom stereocenters. The van der Waals surface area contributed by atoms with Crippen molar-refractivity contribution in [2.45, 2.75) is 24.4 Å². The van der Waals surface area contributed by atoms with Crippen LogP contribution in [0.25, 0.3) is 49.9 Å². The standard InChI is InChI=1S/C41H29N3O/c1-3-14-27(15-4-1)39-42-40(28-16-5-2-6-17-28)44-41(43-39)34-25-35-37-32(30-22-11-18-26-13-7-8-19-29(26)30)23-12-24-36(37)45-38(35)33-21-10-9-20-31(33)34/h1-16,18-25,28,36-37H,17H2. The van der Waals surface area contributed by atoms with Gasteiger partial charge in [0.15, 0.2) is 11.6 Å². The van der Waals surface area contributed by atoms with Crippen molar-refractivity contribution in [3.8, 4) is 28.5 Å². The molecular formula is C41H29N3O. The molecule has 0 saturated carbocycles. The van der Waals surface area contributed by atoms with Gasteiger partial charge in [0.2, 0.25) is 0 Å². The van der Waals surface area contributed by atoms with Gasteiger partial charge >= 0.3 is 0 Å². The fraction of sp³-hybridized carbons (Fsp3) is 0.0976. The SMILES string of the molecule is C1=CCC(c2nc(-c3ccccc3)nc(-c3cc4c(c5ccccc35)OC3C=CC=C(c5cccc6ccccc56)C43)n2)C=C1. The number of allylic oxidation sites excluding steroid dienone is 6. The molecule has 0 radical (unpaired) electrons. The highest BCUT2D eigenvalue weighted by molar-refractivity contribution is 6.03. The van der Waals surface area contributed by atoms with Gasteiger partial charge in [-0.2, -0.15) is 0 Å². The van der Waals surface area contributed by atoms with Crippen LogP contribution in [0.15, 0.2) is 146 Å². The number of fused-ring (bicyclic) bond motifs is 6. The lowest BCUT2D eigenvalue weighted by Gasteiger charge is -2.24. The van der Waals surface area contributed by atoms with Crippen molar-refractivity contribution >= 4 is 27.1 Å². The molecule has 0 fully saturated rings. The summed E-state index contributed by atoms with van der Waals surface area (Å²) >= 11 is 0. The largest absolute Gasteiger partial charge is 0.484 e. The monoisotopic (exact) mass is 579 g/mol. The van der Waals surface area contributed by atoms with Crippen LogP contribution in [0.2, 0.25) is 0 Å². The van der Waals surface area contributed by atoms with E-state index in [-0.39, 0.29) is 17.9 Å². The predicted molar refractivity (Wildman–Crippen MR) is 182 cm³/mol. The number of hydrogen-bond donors (Lipinski definition) is 0. The molecule has 0 N–H and O–H groups in total. The Morgan fingerprint density at radius 1 is 0.622 bits per heavy atom. The van der Waals surface area contributed by atoms with E-state index in [2.05, 4.69) is 127 Å². The fourth-order valence-electron chi connectivity index (χ4n) is 7.07. The Kier molecular flexibility index (Phi) is 6.05. The minimum atomic E-state index is -0.0920. The summed E-state index contributed by atoms with van der Waals surface area (Å²) in [5, 5.41) is 4.63. The predicted octanol–water partition coefficient (Wildman–Crippen LogP) is 9.61. The molecule has 2 aliphatic carbocycles. The van der Waals surface area contributed by atoms with Gasteiger partial charge in [-0.05, 0) is 45.9 Å². The van der Waals surface area contributed by atoms with E-state index < -0.39 is 0 Å². The molecule has 5 aromatic carbocycles. The number of benzene rings is 5. The van der Waals surface area contributed by atoms with Gasteiger partial charge in [0, 0.05) is 28.0 Å². The Labute approximate surface area is 261 Å². The Hall–Kier alpha value is -5.61. The van der Waals surface area contributed by atoms with Gasteiger partial charge in [0.1, 0.15) is 17.7 Å². The highest BCUT2D eigenvalue weighted by atomic mass is 16.5. The van der Waals surface area contributed by atoms with E-state index in [4.69, 9.17) is 19.7 Å². The molecule has 3 aliphatic rings. The van der Waals surface area contributed by atoms with E-state index in [0.29, 0.717) is 11.6 Å². The van der Waals surface area contributed by atoms with Crippen LogP contribution >= 0.6 is 0 Å². The van der Waals surface area contributed by atoms with Gasteiger partial charge in [-0.1, -0.05) is 134 Å². The van der Waals surface area contributed by atoms with Crippen LogP contribution in [0, 0.1) is 0 Å². The van der Waals surface area contributed by atoms with E-state index in [1.54, 1.807) is 0 Å². The molecule has 1 aromatic heterocycles. The lowest BCUT2D eigenvalue weighted by atomic mass is 9.79. The van der Waals surface area contributed by atoms with E-state index in [1.165, 1.54) is 27.5 Å². The van der Waals surface area contributed by atoms with Crippen LogP contribution in [0.3, 0.4) is 0 Å². The summed E-state index contributed by atoms with van der Waals surface area (Å²) in [6.45, 7) is 0. The Bertz CT molecular complexity index is 2240. The minimum Gasteiger partial charge on any atom is -0.484 e. The lowest BCUT2D eigenvalue weighted by Crippen LogP contribution is -2.19. The molecule has 1 aliphatic heterocycles. The number of nitrogens with zero attached hydrogens (tertiary/aromatic N) is 3. The highest BCUT2D eigenvalue weighted by Gasteiger charge is 2.39. The normalized spacial score (nSPS) is 19.7. The average molecular weight is 580 g/mol. The van der Waals surface area contributed by atoms with Gasteiger partial charge in [0.05, 0.1) is 5.92 Å². The molecule has 6 aromatic rings. The second-order valence-electron chi connectivity index (χ2n) is 11.8. The van der Waals surface area contributed by atoms with Gasteiger partial charge in [0.25, 0.3) is 0 Å². The summed E-state index contributed by atoms with van der Waals surface area (Å²) in [5.41, 5.74) is 5.65. The first-order valence-corrected chi connectivity index (χ1v) is 15.6. The highest BCUT2D eigenvalue weighted by Crippen LogP contribution is 2.53. The summed E-state index contributed by atoms with van der Waals surface area (Å²) in [6.07, 6.45) is 15.9. The first-order chi connectivity index (χ1) is 22.3. The van der Waals surface area contributed by atoms with Crippen molar-refractivity contribution in [1.82, 2.24) is 15.0 Å². The number of aromatic nitrogens is 3. The summed E-state index contributed by atoms with van der Waals surface area (Å²) in [5.74, 6) is 3.24. The number of rotatable bonds is 4. The Morgan fingerprint density at radius 2 is 1.40 bits per heavy atom. The van der Waals surface area contributed by atoms with Gasteiger partial charge in [-0.3, -0.25) is 0 Å². The van der Waals surface area contributed by atoms with Crippen molar-refractivity contribution < 1.29 is 4.74 Å². The topological polar surface area (TPSA) is 47.9 Å². The van der Waals surface area contributed by atoms with Crippen molar-refractivity contribution in [2.24, 2.45) is 0 Å². The first-order valence-electron chi connectivity index (χ1n) is 15.6. The molecule has 0 amide bonds. The van der Waals surface area contributed by atoms with Crippen LogP contribution in [-0.4, -0.2) is 21.1 Å². The summed E-state index contributed by atoms with van der Waals surface area (Å²) in [4.78, 5) is 15.3. The molecule has 0 spiro atoms. The molecule has 4 nitrogen and oxygen atoms in total. The van der Waals surface area contributed by atoms with Crippen molar-refractivity contribution in [3.05, 3.63) is 163 Å².